The summed E-state index contributed by atoms with van der Waals surface area (Å²) in [7, 11) is 0. The molecule has 0 aromatic carbocycles. The highest BCUT2D eigenvalue weighted by atomic mass is 127. The van der Waals surface area contributed by atoms with E-state index in [4.69, 9.17) is 4.74 Å². The van der Waals surface area contributed by atoms with Crippen LogP contribution in [0.15, 0.2) is 0 Å². The average molecular weight is 354 g/mol. The van der Waals surface area contributed by atoms with Crippen molar-refractivity contribution in [2.24, 2.45) is 16.7 Å². The minimum absolute atomic E-state index is 0.300. The first-order valence-corrected chi connectivity index (χ1v) is 8.00. The van der Waals surface area contributed by atoms with Crippen LogP contribution < -0.4 is 0 Å². The van der Waals surface area contributed by atoms with Crippen LogP contribution in [0.3, 0.4) is 0 Å². The summed E-state index contributed by atoms with van der Waals surface area (Å²) in [5.41, 5.74) is 0.606. The molecule has 104 valence electrons. The van der Waals surface area contributed by atoms with Gasteiger partial charge in [0.1, 0.15) is 0 Å². The van der Waals surface area contributed by atoms with Gasteiger partial charge in [-0.3, -0.25) is 0 Å². The van der Waals surface area contributed by atoms with Crippen LogP contribution in [0.1, 0.15) is 61.3 Å². The number of ether oxygens (including phenoxy) is 1. The van der Waals surface area contributed by atoms with Crippen molar-refractivity contribution in [2.45, 2.75) is 65.2 Å². The Morgan fingerprint density at radius 2 is 1.29 bits per heavy atom. The Morgan fingerprint density at radius 1 is 0.882 bits per heavy atom. The molecular weight excluding hydrogens is 323 g/mol. The molecule has 0 saturated carbocycles. The predicted octanol–water partition coefficient (Wildman–Crippen LogP) is 5.32. The molecule has 0 bridgehead atoms. The van der Waals surface area contributed by atoms with Crippen molar-refractivity contribution in [1.82, 2.24) is 0 Å². The lowest BCUT2D eigenvalue weighted by atomic mass is 9.84. The van der Waals surface area contributed by atoms with Crippen molar-refractivity contribution in [2.75, 3.05) is 13.2 Å². The molecule has 0 radical (unpaired) electrons. The smallest absolute Gasteiger partial charge is 0.0517 e. The van der Waals surface area contributed by atoms with Crippen LogP contribution >= 0.6 is 22.6 Å². The van der Waals surface area contributed by atoms with Crippen molar-refractivity contribution >= 4 is 22.6 Å². The van der Waals surface area contributed by atoms with Gasteiger partial charge in [-0.15, -0.1) is 0 Å². The second-order valence-electron chi connectivity index (χ2n) is 7.40. The van der Waals surface area contributed by atoms with Gasteiger partial charge in [-0.25, -0.2) is 0 Å². The molecule has 0 spiro atoms. The number of hydrogen-bond acceptors (Lipinski definition) is 1. The average Bonchev–Trinajstić information content (AvgIpc) is 1.96. The normalized spacial score (nSPS) is 15.4. The highest BCUT2D eigenvalue weighted by Crippen LogP contribution is 2.29. The summed E-state index contributed by atoms with van der Waals surface area (Å²) in [6.45, 7) is 17.8. The fourth-order valence-electron chi connectivity index (χ4n) is 2.59. The Balaban J connectivity index is 3.97. The van der Waals surface area contributed by atoms with Crippen molar-refractivity contribution in [3.8, 4) is 0 Å². The highest BCUT2D eigenvalue weighted by Gasteiger charge is 2.24. The monoisotopic (exact) mass is 354 g/mol. The van der Waals surface area contributed by atoms with Crippen LogP contribution in [0.4, 0.5) is 0 Å². The molecule has 1 nitrogen and oxygen atoms in total. The minimum atomic E-state index is 0.300. The first-order valence-electron chi connectivity index (χ1n) is 6.76. The highest BCUT2D eigenvalue weighted by molar-refractivity contribution is 14.1. The Kier molecular flexibility index (Phi) is 7.62. The quantitative estimate of drug-likeness (QED) is 0.424. The lowest BCUT2D eigenvalue weighted by molar-refractivity contribution is 0.00637. The summed E-state index contributed by atoms with van der Waals surface area (Å²) in [5.74, 6) is 0.746. The van der Waals surface area contributed by atoms with Gasteiger partial charge >= 0.3 is 0 Å². The molecule has 0 aromatic rings. The van der Waals surface area contributed by atoms with E-state index in [-0.39, 0.29) is 0 Å². The lowest BCUT2D eigenvalue weighted by Gasteiger charge is -2.30. The molecule has 0 aliphatic carbocycles. The largest absolute Gasteiger partial charge is 0.380 e. The van der Waals surface area contributed by atoms with Gasteiger partial charge in [-0.05, 0) is 29.6 Å². The SMILES string of the molecule is CC(C)CC(C)(C)COCC(C)(C)CC(C)I. The molecule has 0 amide bonds. The first-order chi connectivity index (χ1) is 7.54. The lowest BCUT2D eigenvalue weighted by Crippen LogP contribution is -2.27. The first kappa shape index (κ1) is 17.7. The fraction of sp³-hybridized carbons (Fsp3) is 1.00. The van der Waals surface area contributed by atoms with E-state index in [0.717, 1.165) is 23.1 Å². The van der Waals surface area contributed by atoms with Crippen LogP contribution in [0, 0.1) is 16.7 Å². The minimum Gasteiger partial charge on any atom is -0.380 e. The van der Waals surface area contributed by atoms with Crippen LogP contribution in [0.5, 0.6) is 0 Å². The maximum Gasteiger partial charge on any atom is 0.0517 e. The van der Waals surface area contributed by atoms with Crippen molar-refractivity contribution < 1.29 is 4.74 Å². The molecule has 1 atom stereocenters. The zero-order valence-corrected chi connectivity index (χ0v) is 14.9. The molecule has 0 N–H and O–H groups in total. The van der Waals surface area contributed by atoms with Gasteiger partial charge in [0.25, 0.3) is 0 Å². The summed E-state index contributed by atoms with van der Waals surface area (Å²) in [4.78, 5) is 0. The molecule has 0 aliphatic heterocycles. The third-order valence-corrected chi connectivity index (χ3v) is 3.22. The Hall–Kier alpha value is 0.690. The third-order valence-electron chi connectivity index (χ3n) is 2.78. The molecule has 0 heterocycles. The zero-order valence-electron chi connectivity index (χ0n) is 12.8. The second-order valence-corrected chi connectivity index (χ2v) is 9.53. The molecular formula is C15H31IO. The van der Waals surface area contributed by atoms with E-state index in [9.17, 15) is 0 Å². The van der Waals surface area contributed by atoms with Crippen LogP contribution in [-0.2, 0) is 4.74 Å². The van der Waals surface area contributed by atoms with Crippen molar-refractivity contribution in [3.05, 3.63) is 0 Å². The summed E-state index contributed by atoms with van der Waals surface area (Å²) >= 11 is 2.50. The standard InChI is InChI=1S/C15H31IO/c1-12(2)8-14(4,5)10-17-11-15(6,7)9-13(3)16/h12-13H,8-11H2,1-7H3. The fourth-order valence-corrected chi connectivity index (χ4v) is 3.78. The number of rotatable bonds is 8. The van der Waals surface area contributed by atoms with E-state index in [0.29, 0.717) is 10.8 Å². The Morgan fingerprint density at radius 3 is 1.65 bits per heavy atom. The number of halogens is 1. The van der Waals surface area contributed by atoms with Crippen LogP contribution in [0.2, 0.25) is 0 Å². The topological polar surface area (TPSA) is 9.23 Å². The van der Waals surface area contributed by atoms with E-state index in [1.807, 2.05) is 0 Å². The van der Waals surface area contributed by atoms with Gasteiger partial charge in [-0.1, -0.05) is 71.1 Å². The summed E-state index contributed by atoms with van der Waals surface area (Å²) in [5, 5.41) is 0. The van der Waals surface area contributed by atoms with E-state index in [1.165, 1.54) is 12.8 Å². The van der Waals surface area contributed by atoms with Gasteiger partial charge in [0, 0.05) is 3.92 Å². The van der Waals surface area contributed by atoms with E-state index < -0.39 is 0 Å². The van der Waals surface area contributed by atoms with E-state index >= 15 is 0 Å². The Bertz CT molecular complexity index is 185. The molecule has 0 aromatic heterocycles. The summed E-state index contributed by atoms with van der Waals surface area (Å²) < 4.78 is 6.68. The zero-order chi connectivity index (χ0) is 13.7. The molecule has 0 fully saturated rings. The predicted molar refractivity (Wildman–Crippen MR) is 85.9 cm³/mol. The molecule has 17 heavy (non-hydrogen) atoms. The van der Waals surface area contributed by atoms with Crippen molar-refractivity contribution in [3.63, 3.8) is 0 Å². The van der Waals surface area contributed by atoms with Crippen molar-refractivity contribution in [1.29, 1.82) is 0 Å². The third kappa shape index (κ3) is 10.3. The van der Waals surface area contributed by atoms with E-state index in [1.54, 1.807) is 0 Å². The maximum absolute atomic E-state index is 5.96. The molecule has 0 aliphatic rings. The summed E-state index contributed by atoms with van der Waals surface area (Å²) in [6.07, 6.45) is 2.45. The number of alkyl halides is 1. The van der Waals surface area contributed by atoms with Gasteiger partial charge in [0.15, 0.2) is 0 Å². The van der Waals surface area contributed by atoms with Gasteiger partial charge in [0.2, 0.25) is 0 Å². The molecule has 2 heteroatoms. The van der Waals surface area contributed by atoms with E-state index in [2.05, 4.69) is 71.1 Å². The van der Waals surface area contributed by atoms with Gasteiger partial charge in [0.05, 0.1) is 13.2 Å². The van der Waals surface area contributed by atoms with Gasteiger partial charge < -0.3 is 4.74 Å². The number of hydrogen-bond donors (Lipinski definition) is 0. The van der Waals surface area contributed by atoms with Crippen LogP contribution in [-0.4, -0.2) is 17.1 Å². The van der Waals surface area contributed by atoms with Crippen LogP contribution in [0.25, 0.3) is 0 Å². The Labute approximate surface area is 122 Å². The maximum atomic E-state index is 5.96. The molecule has 0 rings (SSSR count). The second kappa shape index (κ2) is 7.32. The van der Waals surface area contributed by atoms with Gasteiger partial charge in [-0.2, -0.15) is 0 Å². The summed E-state index contributed by atoms with van der Waals surface area (Å²) in [6, 6.07) is 0. The molecule has 1 unspecified atom stereocenters. The molecule has 0 saturated heterocycles.